The molecule has 2 heteroatoms. The molecule has 110 valence electrons. The molecule has 1 aliphatic rings. The van der Waals surface area contributed by atoms with E-state index in [2.05, 4.69) is 70.9 Å². The Labute approximate surface area is 127 Å². The Morgan fingerprint density at radius 3 is 1.86 bits per heavy atom. The fourth-order valence-electron chi connectivity index (χ4n) is 3.09. The van der Waals surface area contributed by atoms with Gasteiger partial charge in [-0.2, -0.15) is 0 Å². The smallest absolute Gasteiger partial charge is 0.0577 e. The van der Waals surface area contributed by atoms with Crippen LogP contribution in [-0.2, 0) is 0 Å². The molecule has 1 aliphatic heterocycles. The zero-order valence-electron chi connectivity index (χ0n) is 12.5. The van der Waals surface area contributed by atoms with Gasteiger partial charge in [0.05, 0.1) is 6.04 Å². The van der Waals surface area contributed by atoms with E-state index in [1.807, 2.05) is 0 Å². The van der Waals surface area contributed by atoms with Gasteiger partial charge in [-0.05, 0) is 37.1 Å². The summed E-state index contributed by atoms with van der Waals surface area (Å²) in [4.78, 5) is 2.56. The SMILES string of the molecule is c1ccc(C(NCCN2CCCC2)c2ccccc2)cc1. The van der Waals surface area contributed by atoms with E-state index in [4.69, 9.17) is 0 Å². The van der Waals surface area contributed by atoms with Crippen LogP contribution in [0.2, 0.25) is 0 Å². The van der Waals surface area contributed by atoms with Crippen molar-refractivity contribution >= 4 is 0 Å². The average Bonchev–Trinajstić information content (AvgIpc) is 3.07. The van der Waals surface area contributed by atoms with Gasteiger partial charge in [0.25, 0.3) is 0 Å². The molecule has 2 aromatic rings. The summed E-state index contributed by atoms with van der Waals surface area (Å²) in [6.07, 6.45) is 2.72. The van der Waals surface area contributed by atoms with Crippen molar-refractivity contribution in [3.05, 3.63) is 71.8 Å². The highest BCUT2D eigenvalue weighted by Gasteiger charge is 2.15. The van der Waals surface area contributed by atoms with Crippen molar-refractivity contribution in [3.8, 4) is 0 Å². The predicted molar refractivity (Wildman–Crippen MR) is 88.4 cm³/mol. The van der Waals surface area contributed by atoms with Gasteiger partial charge in [0.2, 0.25) is 0 Å². The first-order valence-electron chi connectivity index (χ1n) is 7.99. The topological polar surface area (TPSA) is 15.3 Å². The van der Waals surface area contributed by atoms with Gasteiger partial charge in [-0.15, -0.1) is 0 Å². The van der Waals surface area contributed by atoms with Crippen LogP contribution in [0.15, 0.2) is 60.7 Å². The van der Waals surface area contributed by atoms with Crippen LogP contribution in [0, 0.1) is 0 Å². The summed E-state index contributed by atoms with van der Waals surface area (Å²) in [5, 5.41) is 3.74. The Hall–Kier alpha value is -1.64. The normalized spacial score (nSPS) is 15.7. The first-order chi connectivity index (χ1) is 10.4. The third-order valence-corrected chi connectivity index (χ3v) is 4.24. The minimum atomic E-state index is 0.287. The lowest BCUT2D eigenvalue weighted by atomic mass is 9.99. The van der Waals surface area contributed by atoms with E-state index in [1.165, 1.54) is 37.1 Å². The fourth-order valence-corrected chi connectivity index (χ4v) is 3.09. The molecule has 3 rings (SSSR count). The second kappa shape index (κ2) is 7.39. The average molecular weight is 280 g/mol. The van der Waals surface area contributed by atoms with E-state index in [9.17, 15) is 0 Å². The molecule has 0 saturated carbocycles. The van der Waals surface area contributed by atoms with Gasteiger partial charge >= 0.3 is 0 Å². The van der Waals surface area contributed by atoms with Gasteiger partial charge < -0.3 is 10.2 Å². The second-order valence-electron chi connectivity index (χ2n) is 5.76. The van der Waals surface area contributed by atoms with Crippen LogP contribution in [0.4, 0.5) is 0 Å². The van der Waals surface area contributed by atoms with Crippen LogP contribution in [0.25, 0.3) is 0 Å². The van der Waals surface area contributed by atoms with Gasteiger partial charge in [-0.3, -0.25) is 0 Å². The van der Waals surface area contributed by atoms with Gasteiger partial charge in [0, 0.05) is 13.1 Å². The molecule has 0 aliphatic carbocycles. The molecule has 1 fully saturated rings. The molecule has 21 heavy (non-hydrogen) atoms. The summed E-state index contributed by atoms with van der Waals surface area (Å²) in [5.74, 6) is 0. The molecular formula is C19H24N2. The lowest BCUT2D eigenvalue weighted by molar-refractivity contribution is 0.331. The molecule has 0 unspecified atom stereocenters. The van der Waals surface area contributed by atoms with Crippen LogP contribution in [0.5, 0.6) is 0 Å². The quantitative estimate of drug-likeness (QED) is 0.871. The summed E-state index contributed by atoms with van der Waals surface area (Å²) in [6, 6.07) is 21.8. The summed E-state index contributed by atoms with van der Waals surface area (Å²) in [5.41, 5.74) is 2.68. The van der Waals surface area contributed by atoms with Crippen LogP contribution in [-0.4, -0.2) is 31.1 Å². The molecular weight excluding hydrogens is 256 g/mol. The van der Waals surface area contributed by atoms with Gasteiger partial charge in [-0.1, -0.05) is 60.7 Å². The lowest BCUT2D eigenvalue weighted by Crippen LogP contribution is -2.32. The summed E-state index contributed by atoms with van der Waals surface area (Å²) in [6.45, 7) is 4.72. The molecule has 0 spiro atoms. The number of hydrogen-bond acceptors (Lipinski definition) is 2. The van der Waals surface area contributed by atoms with Crippen LogP contribution < -0.4 is 5.32 Å². The molecule has 0 aromatic heterocycles. The predicted octanol–water partition coefficient (Wildman–Crippen LogP) is 3.46. The Kier molecular flexibility index (Phi) is 5.03. The summed E-state index contributed by atoms with van der Waals surface area (Å²) < 4.78 is 0. The van der Waals surface area contributed by atoms with Crippen LogP contribution in [0.3, 0.4) is 0 Å². The molecule has 0 bridgehead atoms. The van der Waals surface area contributed by atoms with Crippen molar-refractivity contribution in [1.29, 1.82) is 0 Å². The standard InChI is InChI=1S/C19H24N2/c1-3-9-17(10-4-1)19(18-11-5-2-6-12-18)20-13-16-21-14-7-8-15-21/h1-6,9-12,19-20H,7-8,13-16H2. The van der Waals surface area contributed by atoms with E-state index in [-0.39, 0.29) is 6.04 Å². The van der Waals surface area contributed by atoms with E-state index in [0.29, 0.717) is 0 Å². The van der Waals surface area contributed by atoms with Crippen molar-refractivity contribution in [2.75, 3.05) is 26.2 Å². The first-order valence-corrected chi connectivity index (χ1v) is 7.99. The van der Waals surface area contributed by atoms with Crippen molar-refractivity contribution < 1.29 is 0 Å². The minimum absolute atomic E-state index is 0.287. The van der Waals surface area contributed by atoms with Crippen molar-refractivity contribution in [3.63, 3.8) is 0 Å². The van der Waals surface area contributed by atoms with Crippen LogP contribution >= 0.6 is 0 Å². The monoisotopic (exact) mass is 280 g/mol. The minimum Gasteiger partial charge on any atom is -0.305 e. The molecule has 2 aromatic carbocycles. The van der Waals surface area contributed by atoms with Gasteiger partial charge in [-0.25, -0.2) is 0 Å². The lowest BCUT2D eigenvalue weighted by Gasteiger charge is -2.22. The highest BCUT2D eigenvalue weighted by atomic mass is 15.2. The molecule has 1 saturated heterocycles. The van der Waals surface area contributed by atoms with E-state index >= 15 is 0 Å². The largest absolute Gasteiger partial charge is 0.305 e. The van der Waals surface area contributed by atoms with Crippen LogP contribution in [0.1, 0.15) is 30.0 Å². The highest BCUT2D eigenvalue weighted by Crippen LogP contribution is 2.21. The Morgan fingerprint density at radius 2 is 1.33 bits per heavy atom. The van der Waals surface area contributed by atoms with Gasteiger partial charge in [0.15, 0.2) is 0 Å². The second-order valence-corrected chi connectivity index (χ2v) is 5.76. The zero-order chi connectivity index (χ0) is 14.3. The van der Waals surface area contributed by atoms with E-state index in [0.717, 1.165) is 13.1 Å². The van der Waals surface area contributed by atoms with Crippen molar-refractivity contribution in [2.24, 2.45) is 0 Å². The number of rotatable bonds is 6. The maximum atomic E-state index is 3.74. The van der Waals surface area contributed by atoms with Gasteiger partial charge in [0.1, 0.15) is 0 Å². The number of nitrogens with zero attached hydrogens (tertiary/aromatic N) is 1. The summed E-state index contributed by atoms with van der Waals surface area (Å²) >= 11 is 0. The Bertz CT molecular complexity index is 478. The third kappa shape index (κ3) is 3.93. The number of benzene rings is 2. The summed E-state index contributed by atoms with van der Waals surface area (Å²) in [7, 11) is 0. The molecule has 0 radical (unpaired) electrons. The Morgan fingerprint density at radius 1 is 0.810 bits per heavy atom. The van der Waals surface area contributed by atoms with Crippen molar-refractivity contribution in [2.45, 2.75) is 18.9 Å². The fraction of sp³-hybridized carbons (Fsp3) is 0.368. The highest BCUT2D eigenvalue weighted by molar-refractivity contribution is 5.31. The molecule has 0 amide bonds. The molecule has 0 atom stereocenters. The molecule has 1 heterocycles. The van der Waals surface area contributed by atoms with Crippen molar-refractivity contribution in [1.82, 2.24) is 10.2 Å². The number of likely N-dealkylation sites (tertiary alicyclic amines) is 1. The maximum absolute atomic E-state index is 3.74. The number of nitrogens with one attached hydrogen (secondary N) is 1. The first kappa shape index (κ1) is 14.3. The molecule has 2 nitrogen and oxygen atoms in total. The van der Waals surface area contributed by atoms with E-state index in [1.54, 1.807) is 0 Å². The zero-order valence-corrected chi connectivity index (χ0v) is 12.5. The molecule has 1 N–H and O–H groups in total. The Balaban J connectivity index is 1.67. The number of hydrogen-bond donors (Lipinski definition) is 1. The maximum Gasteiger partial charge on any atom is 0.0577 e. The third-order valence-electron chi connectivity index (χ3n) is 4.24. The van der Waals surface area contributed by atoms with E-state index < -0.39 is 0 Å².